The summed E-state index contributed by atoms with van der Waals surface area (Å²) < 4.78 is 10.6. The molecule has 4 rings (SSSR count). The van der Waals surface area contributed by atoms with Gasteiger partial charge in [0.25, 0.3) is 5.69 Å². The minimum Gasteiger partial charge on any atom is -0.497 e. The molecule has 0 unspecified atom stereocenters. The second-order valence-electron chi connectivity index (χ2n) is 7.69. The molecule has 0 saturated carbocycles. The predicted molar refractivity (Wildman–Crippen MR) is 122 cm³/mol. The number of ether oxygens (including phenoxy) is 1. The molecular weight excluding hydrogens is 410 g/mol. The largest absolute Gasteiger partial charge is 0.497 e. The molecule has 9 heteroatoms. The van der Waals surface area contributed by atoms with Gasteiger partial charge in [0.05, 0.1) is 18.6 Å². The van der Waals surface area contributed by atoms with Gasteiger partial charge >= 0.3 is 0 Å². The van der Waals surface area contributed by atoms with Crippen LogP contribution in [0.1, 0.15) is 5.76 Å². The molecule has 3 aromatic rings. The van der Waals surface area contributed by atoms with Crippen molar-refractivity contribution in [3.05, 3.63) is 70.5 Å². The van der Waals surface area contributed by atoms with Crippen LogP contribution < -0.4 is 15.0 Å². The van der Waals surface area contributed by atoms with Crippen LogP contribution in [0.25, 0.3) is 11.3 Å². The summed E-state index contributed by atoms with van der Waals surface area (Å²) in [5, 5.41) is 18.4. The van der Waals surface area contributed by atoms with E-state index >= 15 is 0 Å². The SMILES string of the molecule is COc1ccc(N2CCN(CCNCc3cc(-c4cccc([N+](=O)[O-])c4)no3)CC2)cc1. The second-order valence-corrected chi connectivity index (χ2v) is 7.69. The van der Waals surface area contributed by atoms with Crippen molar-refractivity contribution < 1.29 is 14.2 Å². The molecule has 1 aliphatic rings. The predicted octanol–water partition coefficient (Wildman–Crippen LogP) is 3.17. The van der Waals surface area contributed by atoms with Crippen molar-refractivity contribution in [2.45, 2.75) is 6.54 Å². The smallest absolute Gasteiger partial charge is 0.270 e. The number of benzene rings is 2. The van der Waals surface area contributed by atoms with Crippen molar-refractivity contribution in [2.75, 3.05) is 51.3 Å². The lowest BCUT2D eigenvalue weighted by Crippen LogP contribution is -2.48. The fourth-order valence-electron chi connectivity index (χ4n) is 3.78. The van der Waals surface area contributed by atoms with Crippen LogP contribution in [-0.2, 0) is 6.54 Å². The molecule has 1 fully saturated rings. The van der Waals surface area contributed by atoms with E-state index in [1.54, 1.807) is 19.2 Å². The lowest BCUT2D eigenvalue weighted by molar-refractivity contribution is -0.384. The minimum atomic E-state index is -0.414. The van der Waals surface area contributed by atoms with E-state index in [1.165, 1.54) is 17.8 Å². The first-order chi connectivity index (χ1) is 15.6. The Morgan fingerprint density at radius 2 is 1.91 bits per heavy atom. The van der Waals surface area contributed by atoms with Crippen molar-refractivity contribution >= 4 is 11.4 Å². The van der Waals surface area contributed by atoms with E-state index in [1.807, 2.05) is 18.2 Å². The van der Waals surface area contributed by atoms with Gasteiger partial charge in [0.15, 0.2) is 5.76 Å². The van der Waals surface area contributed by atoms with E-state index < -0.39 is 4.92 Å². The summed E-state index contributed by atoms with van der Waals surface area (Å²) in [7, 11) is 1.68. The van der Waals surface area contributed by atoms with Gasteiger partial charge < -0.3 is 19.5 Å². The fraction of sp³-hybridized carbons (Fsp3) is 0.348. The molecule has 0 spiro atoms. The van der Waals surface area contributed by atoms with Crippen LogP contribution >= 0.6 is 0 Å². The fourth-order valence-corrected chi connectivity index (χ4v) is 3.78. The van der Waals surface area contributed by atoms with E-state index in [9.17, 15) is 10.1 Å². The number of nitrogens with one attached hydrogen (secondary N) is 1. The standard InChI is InChI=1S/C23H27N5O4/c1-31-21-7-5-19(6-8-21)27-13-11-26(12-14-27)10-9-24-17-22-16-23(25-32-22)18-3-2-4-20(15-18)28(29)30/h2-8,15-16,24H,9-14,17H2,1H3. The number of non-ortho nitro benzene ring substituents is 1. The highest BCUT2D eigenvalue weighted by molar-refractivity contribution is 5.62. The number of rotatable bonds is 9. The highest BCUT2D eigenvalue weighted by Gasteiger charge is 2.17. The molecule has 0 atom stereocenters. The first-order valence-electron chi connectivity index (χ1n) is 10.6. The number of nitrogens with zero attached hydrogens (tertiary/aromatic N) is 4. The van der Waals surface area contributed by atoms with E-state index in [-0.39, 0.29) is 5.69 Å². The van der Waals surface area contributed by atoms with Crippen LogP contribution in [0.2, 0.25) is 0 Å². The molecule has 0 radical (unpaired) electrons. The summed E-state index contributed by atoms with van der Waals surface area (Å²) in [6, 6.07) is 16.4. The Bertz CT molecular complexity index is 1030. The van der Waals surface area contributed by atoms with Gasteiger partial charge in [0.1, 0.15) is 11.4 Å². The Morgan fingerprint density at radius 3 is 2.62 bits per heavy atom. The maximum absolute atomic E-state index is 10.9. The molecule has 9 nitrogen and oxygen atoms in total. The zero-order valence-corrected chi connectivity index (χ0v) is 18.1. The molecule has 2 heterocycles. The number of piperazine rings is 1. The van der Waals surface area contributed by atoms with Gasteiger partial charge in [-0.05, 0) is 24.3 Å². The molecule has 0 amide bonds. The van der Waals surface area contributed by atoms with Gasteiger partial charge in [0.2, 0.25) is 0 Å². The molecular formula is C23H27N5O4. The zero-order valence-electron chi connectivity index (χ0n) is 18.1. The number of nitro groups is 1. The Morgan fingerprint density at radius 1 is 1.12 bits per heavy atom. The lowest BCUT2D eigenvalue weighted by Gasteiger charge is -2.36. The average molecular weight is 438 g/mol. The topological polar surface area (TPSA) is 96.9 Å². The molecule has 0 aliphatic carbocycles. The van der Waals surface area contributed by atoms with Gasteiger partial charge in [-0.2, -0.15) is 0 Å². The summed E-state index contributed by atoms with van der Waals surface area (Å²) in [6.07, 6.45) is 0. The van der Waals surface area contributed by atoms with Gasteiger partial charge in [0, 0.05) is 68.7 Å². The Balaban J connectivity index is 1.19. The molecule has 1 saturated heterocycles. The van der Waals surface area contributed by atoms with Crippen LogP contribution in [0.15, 0.2) is 59.1 Å². The van der Waals surface area contributed by atoms with Crippen molar-refractivity contribution in [3.8, 4) is 17.0 Å². The number of hydrogen-bond donors (Lipinski definition) is 1. The lowest BCUT2D eigenvalue weighted by atomic mass is 10.1. The Hall–Kier alpha value is -3.43. The molecule has 1 N–H and O–H groups in total. The summed E-state index contributed by atoms with van der Waals surface area (Å²) in [4.78, 5) is 15.4. The van der Waals surface area contributed by atoms with Crippen molar-refractivity contribution in [1.29, 1.82) is 0 Å². The summed E-state index contributed by atoms with van der Waals surface area (Å²) in [5.41, 5.74) is 2.54. The van der Waals surface area contributed by atoms with E-state index in [4.69, 9.17) is 9.26 Å². The number of aromatic nitrogens is 1. The van der Waals surface area contributed by atoms with Crippen LogP contribution in [0.4, 0.5) is 11.4 Å². The molecule has 2 aromatic carbocycles. The monoisotopic (exact) mass is 437 g/mol. The number of hydrogen-bond acceptors (Lipinski definition) is 8. The summed E-state index contributed by atoms with van der Waals surface area (Å²) >= 11 is 0. The van der Waals surface area contributed by atoms with Crippen molar-refractivity contribution in [1.82, 2.24) is 15.4 Å². The summed E-state index contributed by atoms with van der Waals surface area (Å²) in [6.45, 7) is 6.41. The molecule has 1 aliphatic heterocycles. The maximum Gasteiger partial charge on any atom is 0.270 e. The zero-order chi connectivity index (χ0) is 22.3. The van der Waals surface area contributed by atoms with E-state index in [0.717, 1.165) is 45.0 Å². The van der Waals surface area contributed by atoms with Crippen LogP contribution in [0.3, 0.4) is 0 Å². The molecule has 0 bridgehead atoms. The minimum absolute atomic E-state index is 0.0391. The Labute approximate surface area is 186 Å². The third-order valence-electron chi connectivity index (χ3n) is 5.63. The van der Waals surface area contributed by atoms with Crippen LogP contribution in [0.5, 0.6) is 5.75 Å². The van der Waals surface area contributed by atoms with Gasteiger partial charge in [-0.3, -0.25) is 15.0 Å². The number of nitro benzene ring substituents is 1. The maximum atomic E-state index is 10.9. The number of methoxy groups -OCH3 is 1. The third-order valence-corrected chi connectivity index (χ3v) is 5.63. The highest BCUT2D eigenvalue weighted by atomic mass is 16.6. The third kappa shape index (κ3) is 5.43. The van der Waals surface area contributed by atoms with Gasteiger partial charge in [-0.25, -0.2) is 0 Å². The van der Waals surface area contributed by atoms with E-state index in [2.05, 4.69) is 32.4 Å². The van der Waals surface area contributed by atoms with Crippen LogP contribution in [0, 0.1) is 10.1 Å². The van der Waals surface area contributed by atoms with Gasteiger partial charge in [-0.1, -0.05) is 17.3 Å². The summed E-state index contributed by atoms with van der Waals surface area (Å²) in [5.74, 6) is 1.58. The first kappa shape index (κ1) is 21.8. The molecule has 1 aromatic heterocycles. The normalized spacial score (nSPS) is 14.5. The highest BCUT2D eigenvalue weighted by Crippen LogP contribution is 2.23. The first-order valence-corrected chi connectivity index (χ1v) is 10.6. The van der Waals surface area contributed by atoms with Crippen molar-refractivity contribution in [3.63, 3.8) is 0 Å². The van der Waals surface area contributed by atoms with E-state index in [0.29, 0.717) is 23.6 Å². The van der Waals surface area contributed by atoms with Crippen LogP contribution in [-0.4, -0.2) is 61.4 Å². The Kier molecular flexibility index (Phi) is 6.98. The quantitative estimate of drug-likeness (QED) is 0.310. The van der Waals surface area contributed by atoms with Gasteiger partial charge in [-0.15, -0.1) is 0 Å². The molecule has 168 valence electrons. The average Bonchev–Trinajstić information content (AvgIpc) is 3.31. The number of anilines is 1. The van der Waals surface area contributed by atoms with Crippen molar-refractivity contribution in [2.24, 2.45) is 0 Å². The second kappa shape index (κ2) is 10.3. The molecule has 32 heavy (non-hydrogen) atoms.